The van der Waals surface area contributed by atoms with Crippen LogP contribution in [0.3, 0.4) is 0 Å². The van der Waals surface area contributed by atoms with Crippen molar-refractivity contribution < 1.29 is 9.47 Å². The molecule has 2 aromatic carbocycles. The zero-order valence-electron chi connectivity index (χ0n) is 18.3. The molecule has 33 heavy (non-hydrogen) atoms. The molecule has 0 amide bonds. The second kappa shape index (κ2) is 8.80. The van der Waals surface area contributed by atoms with E-state index in [9.17, 15) is 10.1 Å². The maximum atomic E-state index is 12.5. The molecular formula is C25H23ClN4O3. The van der Waals surface area contributed by atoms with Crippen LogP contribution in [-0.2, 0) is 13.2 Å². The summed E-state index contributed by atoms with van der Waals surface area (Å²) in [5, 5.41) is 10.3. The van der Waals surface area contributed by atoms with Crippen molar-refractivity contribution in [2.75, 3.05) is 11.4 Å². The molecule has 1 aliphatic carbocycles. The Balaban J connectivity index is 1.32. The Bertz CT molecular complexity index is 1310. The number of benzene rings is 2. The number of halogens is 1. The Morgan fingerprint density at radius 1 is 1.18 bits per heavy atom. The van der Waals surface area contributed by atoms with Gasteiger partial charge in [-0.25, -0.2) is 4.79 Å². The van der Waals surface area contributed by atoms with Gasteiger partial charge < -0.3 is 14.4 Å². The van der Waals surface area contributed by atoms with Gasteiger partial charge in [-0.3, -0.25) is 4.57 Å². The molecule has 1 aliphatic heterocycles. The SMILES string of the molecule is Cc1cc(Oc2ccc(COc3cc4n(c(=O)n3)CCCN4C3CC3)cc2C#N)ccc1Cl. The summed E-state index contributed by atoms with van der Waals surface area (Å²) in [6.45, 7) is 3.72. The highest BCUT2D eigenvalue weighted by atomic mass is 35.5. The number of aryl methyl sites for hydroxylation is 1. The summed E-state index contributed by atoms with van der Waals surface area (Å²) in [6.07, 6.45) is 3.27. The van der Waals surface area contributed by atoms with E-state index in [2.05, 4.69) is 16.0 Å². The molecule has 2 heterocycles. The standard InChI is InChI=1S/C25H23ClN4O3/c1-16-11-20(6-7-21(16)26)33-22-8-3-17(12-18(22)14-27)15-32-23-13-24-29(19-4-5-19)9-2-10-30(24)25(31)28-23/h3,6-8,11-13,19H,2,4-5,9-10,15H2,1H3. The first kappa shape index (κ1) is 21.4. The van der Waals surface area contributed by atoms with Crippen molar-refractivity contribution in [3.8, 4) is 23.4 Å². The van der Waals surface area contributed by atoms with Gasteiger partial charge in [0.05, 0.1) is 5.56 Å². The summed E-state index contributed by atoms with van der Waals surface area (Å²) < 4.78 is 13.5. The molecule has 0 spiro atoms. The lowest BCUT2D eigenvalue weighted by Crippen LogP contribution is -2.39. The van der Waals surface area contributed by atoms with Crippen LogP contribution >= 0.6 is 11.6 Å². The van der Waals surface area contributed by atoms with E-state index >= 15 is 0 Å². The van der Waals surface area contributed by atoms with E-state index in [1.807, 2.05) is 25.1 Å². The number of rotatable bonds is 6. The van der Waals surface area contributed by atoms with E-state index in [1.165, 1.54) is 0 Å². The van der Waals surface area contributed by atoms with E-state index < -0.39 is 0 Å². The summed E-state index contributed by atoms with van der Waals surface area (Å²) in [7, 11) is 0. The first-order valence-corrected chi connectivity index (χ1v) is 11.4. The molecule has 0 saturated heterocycles. The van der Waals surface area contributed by atoms with Crippen LogP contribution in [0.1, 0.15) is 36.0 Å². The Hall–Kier alpha value is -3.50. The van der Waals surface area contributed by atoms with Crippen LogP contribution < -0.4 is 20.1 Å². The highest BCUT2D eigenvalue weighted by molar-refractivity contribution is 6.31. The van der Waals surface area contributed by atoms with Crippen molar-refractivity contribution in [1.82, 2.24) is 9.55 Å². The molecule has 3 aromatic rings. The number of hydrogen-bond acceptors (Lipinski definition) is 6. The van der Waals surface area contributed by atoms with Gasteiger partial charge in [-0.1, -0.05) is 17.7 Å². The van der Waals surface area contributed by atoms with Crippen LogP contribution in [0.25, 0.3) is 0 Å². The molecule has 5 rings (SSSR count). The Morgan fingerprint density at radius 2 is 2.03 bits per heavy atom. The van der Waals surface area contributed by atoms with E-state index in [0.717, 1.165) is 42.8 Å². The molecule has 0 bridgehead atoms. The van der Waals surface area contributed by atoms with Crippen LogP contribution in [0, 0.1) is 18.3 Å². The average molecular weight is 463 g/mol. The van der Waals surface area contributed by atoms with Crippen molar-refractivity contribution in [3.05, 3.63) is 74.7 Å². The van der Waals surface area contributed by atoms with Crippen LogP contribution in [0.2, 0.25) is 5.02 Å². The first-order chi connectivity index (χ1) is 16.0. The molecule has 0 atom stereocenters. The molecule has 0 unspecified atom stereocenters. The maximum Gasteiger partial charge on any atom is 0.352 e. The second-order valence-electron chi connectivity index (χ2n) is 8.41. The molecule has 8 heteroatoms. The first-order valence-electron chi connectivity index (χ1n) is 11.0. The van der Waals surface area contributed by atoms with Crippen molar-refractivity contribution >= 4 is 17.4 Å². The van der Waals surface area contributed by atoms with Gasteiger partial charge in [-0.05, 0) is 67.6 Å². The van der Waals surface area contributed by atoms with Crippen molar-refractivity contribution in [1.29, 1.82) is 5.26 Å². The number of aromatic nitrogens is 2. The zero-order chi connectivity index (χ0) is 22.9. The Kier molecular flexibility index (Phi) is 5.69. The van der Waals surface area contributed by atoms with Gasteiger partial charge in [0, 0.05) is 30.2 Å². The lowest BCUT2D eigenvalue weighted by Gasteiger charge is -2.31. The number of hydrogen-bond donors (Lipinski definition) is 0. The normalized spacial score (nSPS) is 15.0. The second-order valence-corrected chi connectivity index (χ2v) is 8.82. The van der Waals surface area contributed by atoms with Gasteiger partial charge >= 0.3 is 5.69 Å². The molecule has 0 radical (unpaired) electrons. The summed E-state index contributed by atoms with van der Waals surface area (Å²) in [5.74, 6) is 2.25. The summed E-state index contributed by atoms with van der Waals surface area (Å²) in [5.41, 5.74) is 1.78. The summed E-state index contributed by atoms with van der Waals surface area (Å²) >= 11 is 6.07. The average Bonchev–Trinajstić information content (AvgIpc) is 3.66. The van der Waals surface area contributed by atoms with Gasteiger partial charge in [0.25, 0.3) is 0 Å². The van der Waals surface area contributed by atoms with Crippen LogP contribution in [0.5, 0.6) is 17.4 Å². The van der Waals surface area contributed by atoms with Gasteiger partial charge in [0.2, 0.25) is 5.88 Å². The molecule has 1 saturated carbocycles. The third-order valence-electron chi connectivity index (χ3n) is 5.94. The van der Waals surface area contributed by atoms with Crippen LogP contribution in [0.4, 0.5) is 5.82 Å². The maximum absolute atomic E-state index is 12.5. The molecule has 2 aliphatic rings. The van der Waals surface area contributed by atoms with Crippen molar-refractivity contribution in [3.63, 3.8) is 0 Å². The topological polar surface area (TPSA) is 80.4 Å². The van der Waals surface area contributed by atoms with E-state index in [4.69, 9.17) is 21.1 Å². The molecular weight excluding hydrogens is 440 g/mol. The molecule has 168 valence electrons. The van der Waals surface area contributed by atoms with E-state index in [0.29, 0.717) is 40.6 Å². The summed E-state index contributed by atoms with van der Waals surface area (Å²) in [4.78, 5) is 18.9. The fourth-order valence-electron chi connectivity index (χ4n) is 4.07. The molecule has 1 aromatic heterocycles. The predicted molar refractivity (Wildman–Crippen MR) is 125 cm³/mol. The lowest BCUT2D eigenvalue weighted by molar-refractivity contribution is 0.290. The van der Waals surface area contributed by atoms with Gasteiger partial charge in [0.15, 0.2) is 0 Å². The van der Waals surface area contributed by atoms with Crippen LogP contribution in [-0.4, -0.2) is 22.1 Å². The molecule has 1 fully saturated rings. The van der Waals surface area contributed by atoms with Crippen molar-refractivity contribution in [2.45, 2.75) is 45.4 Å². The quantitative estimate of drug-likeness (QED) is 0.522. The minimum Gasteiger partial charge on any atom is -0.473 e. The smallest absolute Gasteiger partial charge is 0.352 e. The van der Waals surface area contributed by atoms with Crippen LogP contribution in [0.15, 0.2) is 47.3 Å². The fraction of sp³-hybridized carbons (Fsp3) is 0.320. The number of nitriles is 1. The fourth-order valence-corrected chi connectivity index (χ4v) is 4.19. The minimum atomic E-state index is -0.285. The summed E-state index contributed by atoms with van der Waals surface area (Å²) in [6, 6.07) is 15.2. The monoisotopic (exact) mass is 462 g/mol. The Labute approximate surface area is 196 Å². The number of ether oxygens (including phenoxy) is 2. The number of anilines is 1. The number of nitrogens with zero attached hydrogens (tertiary/aromatic N) is 4. The van der Waals surface area contributed by atoms with Gasteiger partial charge in [-0.15, -0.1) is 0 Å². The third-order valence-corrected chi connectivity index (χ3v) is 6.36. The lowest BCUT2D eigenvalue weighted by atomic mass is 10.1. The molecule has 7 nitrogen and oxygen atoms in total. The highest BCUT2D eigenvalue weighted by Gasteiger charge is 2.33. The minimum absolute atomic E-state index is 0.189. The van der Waals surface area contributed by atoms with Crippen molar-refractivity contribution in [2.24, 2.45) is 0 Å². The predicted octanol–water partition coefficient (Wildman–Crippen LogP) is 4.82. The van der Waals surface area contributed by atoms with Gasteiger partial charge in [0.1, 0.15) is 30.0 Å². The largest absolute Gasteiger partial charge is 0.473 e. The third kappa shape index (κ3) is 4.53. The number of fused-ring (bicyclic) bond motifs is 1. The van der Waals surface area contributed by atoms with Gasteiger partial charge in [-0.2, -0.15) is 10.2 Å². The zero-order valence-corrected chi connectivity index (χ0v) is 19.0. The van der Waals surface area contributed by atoms with E-state index in [-0.39, 0.29) is 12.3 Å². The highest BCUT2D eigenvalue weighted by Crippen LogP contribution is 2.34. The van der Waals surface area contributed by atoms with E-state index in [1.54, 1.807) is 28.8 Å². The molecule has 0 N–H and O–H groups in total. The Morgan fingerprint density at radius 3 is 2.79 bits per heavy atom.